The second-order valence-corrected chi connectivity index (χ2v) is 3.56. The molecule has 0 spiro atoms. The number of esters is 1. The Labute approximate surface area is 107 Å². The van der Waals surface area contributed by atoms with Crippen molar-refractivity contribution in [2.24, 2.45) is 7.05 Å². The SMILES string of the molecule is CCOC(=O)c1cnn(C)c1NC(=O)c1cn[nH]n1. The van der Waals surface area contributed by atoms with E-state index in [1.807, 2.05) is 0 Å². The molecule has 0 radical (unpaired) electrons. The van der Waals surface area contributed by atoms with Gasteiger partial charge in [-0.1, -0.05) is 0 Å². The van der Waals surface area contributed by atoms with E-state index in [1.165, 1.54) is 17.1 Å². The van der Waals surface area contributed by atoms with Gasteiger partial charge >= 0.3 is 5.97 Å². The molecule has 0 saturated heterocycles. The van der Waals surface area contributed by atoms with Crippen LogP contribution in [-0.4, -0.2) is 43.7 Å². The van der Waals surface area contributed by atoms with Gasteiger partial charge in [0.05, 0.1) is 19.0 Å². The summed E-state index contributed by atoms with van der Waals surface area (Å²) in [5.41, 5.74) is 0.289. The minimum absolute atomic E-state index is 0.107. The van der Waals surface area contributed by atoms with Gasteiger partial charge in [-0.25, -0.2) is 4.79 Å². The number of aromatic nitrogens is 5. The molecular weight excluding hydrogens is 252 g/mol. The first-order valence-corrected chi connectivity index (χ1v) is 5.49. The van der Waals surface area contributed by atoms with Crippen LogP contribution in [0.25, 0.3) is 0 Å². The molecule has 19 heavy (non-hydrogen) atoms. The molecule has 1 amide bonds. The van der Waals surface area contributed by atoms with Crippen molar-refractivity contribution in [3.8, 4) is 0 Å². The number of carbonyl (C=O) groups excluding carboxylic acids is 2. The van der Waals surface area contributed by atoms with Gasteiger partial charge in [-0.3, -0.25) is 9.48 Å². The van der Waals surface area contributed by atoms with Gasteiger partial charge in [0.2, 0.25) is 0 Å². The number of nitrogens with one attached hydrogen (secondary N) is 2. The van der Waals surface area contributed by atoms with E-state index in [0.717, 1.165) is 0 Å². The van der Waals surface area contributed by atoms with Crippen LogP contribution in [-0.2, 0) is 11.8 Å². The van der Waals surface area contributed by atoms with E-state index >= 15 is 0 Å². The summed E-state index contributed by atoms with van der Waals surface area (Å²) in [4.78, 5) is 23.5. The van der Waals surface area contributed by atoms with Gasteiger partial charge < -0.3 is 10.1 Å². The highest BCUT2D eigenvalue weighted by Crippen LogP contribution is 2.16. The monoisotopic (exact) mass is 264 g/mol. The van der Waals surface area contributed by atoms with Gasteiger partial charge in [0.1, 0.15) is 11.4 Å². The Morgan fingerprint density at radius 2 is 2.26 bits per heavy atom. The van der Waals surface area contributed by atoms with E-state index in [9.17, 15) is 9.59 Å². The van der Waals surface area contributed by atoms with Crippen LogP contribution in [0.15, 0.2) is 12.4 Å². The van der Waals surface area contributed by atoms with Crippen LogP contribution in [0.4, 0.5) is 5.82 Å². The molecule has 9 nitrogen and oxygen atoms in total. The minimum Gasteiger partial charge on any atom is -0.462 e. The van der Waals surface area contributed by atoms with E-state index in [-0.39, 0.29) is 23.7 Å². The lowest BCUT2D eigenvalue weighted by molar-refractivity contribution is 0.0527. The van der Waals surface area contributed by atoms with E-state index in [2.05, 4.69) is 25.8 Å². The van der Waals surface area contributed by atoms with Crippen molar-refractivity contribution in [1.29, 1.82) is 0 Å². The first-order chi connectivity index (χ1) is 9.13. The fraction of sp³-hybridized carbons (Fsp3) is 0.300. The summed E-state index contributed by atoms with van der Waals surface area (Å²) in [5.74, 6) is -0.805. The highest BCUT2D eigenvalue weighted by atomic mass is 16.5. The Morgan fingerprint density at radius 1 is 1.47 bits per heavy atom. The molecule has 100 valence electrons. The summed E-state index contributed by atoms with van der Waals surface area (Å²) in [6.45, 7) is 1.94. The molecule has 9 heteroatoms. The van der Waals surface area contributed by atoms with Crippen molar-refractivity contribution in [2.75, 3.05) is 11.9 Å². The predicted octanol–water partition coefficient (Wildman–Crippen LogP) is -0.0328. The van der Waals surface area contributed by atoms with Crippen molar-refractivity contribution >= 4 is 17.7 Å². The average molecular weight is 264 g/mol. The molecule has 0 aromatic carbocycles. The fourth-order valence-electron chi connectivity index (χ4n) is 1.43. The third kappa shape index (κ3) is 2.59. The molecule has 0 atom stereocenters. The lowest BCUT2D eigenvalue weighted by Crippen LogP contribution is -2.18. The van der Waals surface area contributed by atoms with Crippen molar-refractivity contribution in [3.63, 3.8) is 0 Å². The van der Waals surface area contributed by atoms with E-state index in [0.29, 0.717) is 0 Å². The zero-order valence-electron chi connectivity index (χ0n) is 10.4. The molecule has 2 aromatic rings. The maximum atomic E-state index is 11.8. The Hall–Kier alpha value is -2.71. The van der Waals surface area contributed by atoms with Gasteiger partial charge in [0.15, 0.2) is 5.69 Å². The third-order valence-corrected chi connectivity index (χ3v) is 2.31. The second-order valence-electron chi connectivity index (χ2n) is 3.56. The summed E-state index contributed by atoms with van der Waals surface area (Å²) in [6, 6.07) is 0. The van der Waals surface area contributed by atoms with E-state index in [1.54, 1.807) is 14.0 Å². The van der Waals surface area contributed by atoms with Gasteiger partial charge in [-0.15, -0.1) is 0 Å². The summed E-state index contributed by atoms with van der Waals surface area (Å²) < 4.78 is 6.24. The molecule has 0 unspecified atom stereocenters. The van der Waals surface area contributed by atoms with Gasteiger partial charge in [0, 0.05) is 7.05 Å². The first kappa shape index (κ1) is 12.7. The molecule has 0 aliphatic heterocycles. The molecule has 2 heterocycles. The third-order valence-electron chi connectivity index (χ3n) is 2.31. The van der Waals surface area contributed by atoms with Gasteiger partial charge in [-0.05, 0) is 6.92 Å². The van der Waals surface area contributed by atoms with Gasteiger partial charge in [-0.2, -0.15) is 20.5 Å². The van der Waals surface area contributed by atoms with Crippen molar-refractivity contribution < 1.29 is 14.3 Å². The predicted molar refractivity (Wildman–Crippen MR) is 63.5 cm³/mol. The lowest BCUT2D eigenvalue weighted by atomic mass is 10.3. The number of hydrogen-bond acceptors (Lipinski definition) is 6. The normalized spacial score (nSPS) is 10.2. The van der Waals surface area contributed by atoms with Crippen molar-refractivity contribution in [3.05, 3.63) is 23.7 Å². The number of nitrogens with zero attached hydrogens (tertiary/aromatic N) is 4. The number of rotatable bonds is 4. The quantitative estimate of drug-likeness (QED) is 0.749. The summed E-state index contributed by atoms with van der Waals surface area (Å²) in [5, 5.41) is 16.0. The summed E-state index contributed by atoms with van der Waals surface area (Å²) in [7, 11) is 1.60. The topological polar surface area (TPSA) is 115 Å². The number of aromatic amines is 1. The maximum Gasteiger partial charge on any atom is 0.343 e. The zero-order chi connectivity index (χ0) is 13.8. The molecule has 0 aliphatic carbocycles. The van der Waals surface area contributed by atoms with Crippen LogP contribution >= 0.6 is 0 Å². The summed E-state index contributed by atoms with van der Waals surface area (Å²) in [6.07, 6.45) is 2.60. The number of ether oxygens (including phenoxy) is 1. The molecular formula is C10H12N6O3. The Bertz CT molecular complexity index is 588. The van der Waals surface area contributed by atoms with Crippen LogP contribution in [0.5, 0.6) is 0 Å². The molecule has 2 N–H and O–H groups in total. The second kappa shape index (κ2) is 5.29. The number of anilines is 1. The average Bonchev–Trinajstić information content (AvgIpc) is 3.01. The molecule has 2 aromatic heterocycles. The standard InChI is InChI=1S/C10H12N6O3/c1-3-19-10(18)6-4-12-16(2)8(6)13-9(17)7-5-11-15-14-7/h4-5H,3H2,1-2H3,(H,13,17)(H,11,14,15). The lowest BCUT2D eigenvalue weighted by Gasteiger charge is -2.06. The van der Waals surface area contributed by atoms with Crippen molar-refractivity contribution in [2.45, 2.75) is 6.92 Å². The van der Waals surface area contributed by atoms with Gasteiger partial charge in [0.25, 0.3) is 5.91 Å². The van der Waals surface area contributed by atoms with E-state index in [4.69, 9.17) is 4.74 Å². The molecule has 0 saturated carbocycles. The minimum atomic E-state index is -0.550. The van der Waals surface area contributed by atoms with E-state index < -0.39 is 11.9 Å². The molecule has 0 bridgehead atoms. The summed E-state index contributed by atoms with van der Waals surface area (Å²) >= 11 is 0. The van der Waals surface area contributed by atoms with Crippen LogP contribution in [0.2, 0.25) is 0 Å². The number of amides is 1. The van der Waals surface area contributed by atoms with Crippen LogP contribution in [0.1, 0.15) is 27.8 Å². The molecule has 0 aliphatic rings. The highest BCUT2D eigenvalue weighted by molar-refractivity contribution is 6.06. The Kier molecular flexibility index (Phi) is 3.55. The molecule has 2 rings (SSSR count). The van der Waals surface area contributed by atoms with Crippen LogP contribution in [0, 0.1) is 0 Å². The van der Waals surface area contributed by atoms with Crippen molar-refractivity contribution in [1.82, 2.24) is 25.2 Å². The largest absolute Gasteiger partial charge is 0.462 e. The smallest absolute Gasteiger partial charge is 0.343 e. The number of aryl methyl sites for hydroxylation is 1. The maximum absolute atomic E-state index is 11.8. The van der Waals surface area contributed by atoms with Crippen LogP contribution in [0.3, 0.4) is 0 Å². The molecule has 0 fully saturated rings. The number of H-pyrrole nitrogens is 1. The highest BCUT2D eigenvalue weighted by Gasteiger charge is 2.20. The van der Waals surface area contributed by atoms with Crippen LogP contribution < -0.4 is 5.32 Å². The number of carbonyl (C=O) groups is 2. The zero-order valence-corrected chi connectivity index (χ0v) is 10.4. The Balaban J connectivity index is 2.22. The first-order valence-electron chi connectivity index (χ1n) is 5.49. The Morgan fingerprint density at radius 3 is 2.89 bits per heavy atom. The number of hydrogen-bond donors (Lipinski definition) is 2. The fourth-order valence-corrected chi connectivity index (χ4v) is 1.43.